The zero-order valence-electron chi connectivity index (χ0n) is 9.86. The Hall–Kier alpha value is -1.16. The lowest BCUT2D eigenvalue weighted by Gasteiger charge is -2.40. The van der Waals surface area contributed by atoms with Crippen LogP contribution in [0.5, 0.6) is 0 Å². The van der Waals surface area contributed by atoms with Crippen molar-refractivity contribution in [3.8, 4) is 0 Å². The van der Waals surface area contributed by atoms with Crippen molar-refractivity contribution in [2.45, 2.75) is 19.9 Å². The van der Waals surface area contributed by atoms with E-state index >= 15 is 0 Å². The molecule has 88 valence electrons. The summed E-state index contributed by atoms with van der Waals surface area (Å²) in [6, 6.07) is 3.90. The summed E-state index contributed by atoms with van der Waals surface area (Å²) in [5.41, 5.74) is 0.940. The monoisotopic (exact) mass is 223 g/mol. The van der Waals surface area contributed by atoms with Gasteiger partial charge in [-0.1, -0.05) is 6.92 Å². The van der Waals surface area contributed by atoms with Gasteiger partial charge in [0, 0.05) is 43.6 Å². The summed E-state index contributed by atoms with van der Waals surface area (Å²) in [5.74, 6) is -0.400. The van der Waals surface area contributed by atoms with E-state index in [-0.39, 0.29) is 0 Å². The number of aromatic nitrogens is 1. The fraction of sp³-hybridized carbons (Fsp3) is 0.583. The maximum absolute atomic E-state index is 13.0. The molecular formula is C12H18FN3. The molecule has 1 aromatic rings. The first kappa shape index (κ1) is 11.3. The average molecular weight is 223 g/mol. The molecule has 0 aromatic carbocycles. The largest absolute Gasteiger partial charge is 0.369 e. The molecule has 1 aliphatic heterocycles. The van der Waals surface area contributed by atoms with Crippen molar-refractivity contribution in [2.75, 3.05) is 31.1 Å². The van der Waals surface area contributed by atoms with Crippen LogP contribution in [0.1, 0.15) is 13.8 Å². The van der Waals surface area contributed by atoms with Gasteiger partial charge < -0.3 is 4.90 Å². The van der Waals surface area contributed by atoms with E-state index in [1.807, 2.05) is 6.07 Å². The van der Waals surface area contributed by atoms with Crippen molar-refractivity contribution in [1.29, 1.82) is 0 Å². The number of nitrogens with zero attached hydrogens (tertiary/aromatic N) is 3. The molecule has 4 heteroatoms. The highest BCUT2D eigenvalue weighted by molar-refractivity contribution is 5.45. The maximum Gasteiger partial charge on any atom is 0.214 e. The molecule has 0 saturated carbocycles. The Morgan fingerprint density at radius 2 is 2.31 bits per heavy atom. The van der Waals surface area contributed by atoms with Crippen molar-refractivity contribution in [3.63, 3.8) is 0 Å². The topological polar surface area (TPSA) is 19.4 Å². The second-order valence-electron chi connectivity index (χ2n) is 4.26. The quantitative estimate of drug-likeness (QED) is 0.712. The van der Waals surface area contributed by atoms with Crippen molar-refractivity contribution in [2.24, 2.45) is 0 Å². The van der Waals surface area contributed by atoms with E-state index in [1.165, 1.54) is 12.3 Å². The standard InChI is InChI=1S/C12H18FN3/c1-3-15-6-7-16(9-10(15)2)11-4-5-14-12(13)8-11/h4-5,8,10H,3,6-7,9H2,1-2H3. The van der Waals surface area contributed by atoms with Gasteiger partial charge >= 0.3 is 0 Å². The lowest BCUT2D eigenvalue weighted by molar-refractivity contribution is 0.199. The van der Waals surface area contributed by atoms with Gasteiger partial charge in [-0.05, 0) is 19.5 Å². The predicted octanol–water partition coefficient (Wildman–Crippen LogP) is 1.75. The third kappa shape index (κ3) is 2.32. The first-order chi connectivity index (χ1) is 7.70. The van der Waals surface area contributed by atoms with Gasteiger partial charge in [-0.2, -0.15) is 4.39 Å². The number of piperazine rings is 1. The minimum absolute atomic E-state index is 0.400. The highest BCUT2D eigenvalue weighted by Gasteiger charge is 2.22. The van der Waals surface area contributed by atoms with Crippen LogP contribution in [0.25, 0.3) is 0 Å². The van der Waals surface area contributed by atoms with E-state index in [1.54, 1.807) is 0 Å². The highest BCUT2D eigenvalue weighted by Crippen LogP contribution is 2.18. The fourth-order valence-corrected chi connectivity index (χ4v) is 2.29. The molecule has 1 saturated heterocycles. The number of likely N-dealkylation sites (N-methyl/N-ethyl adjacent to an activating group) is 1. The minimum Gasteiger partial charge on any atom is -0.369 e. The first-order valence-corrected chi connectivity index (χ1v) is 5.81. The van der Waals surface area contributed by atoms with Crippen molar-refractivity contribution in [3.05, 3.63) is 24.3 Å². The van der Waals surface area contributed by atoms with Gasteiger partial charge in [0.05, 0.1) is 0 Å². The molecule has 0 radical (unpaired) electrons. The van der Waals surface area contributed by atoms with E-state index in [9.17, 15) is 4.39 Å². The maximum atomic E-state index is 13.0. The molecule has 1 atom stereocenters. The summed E-state index contributed by atoms with van der Waals surface area (Å²) in [7, 11) is 0. The Labute approximate surface area is 95.9 Å². The van der Waals surface area contributed by atoms with Crippen LogP contribution in [0, 0.1) is 5.95 Å². The zero-order valence-corrected chi connectivity index (χ0v) is 9.86. The van der Waals surface area contributed by atoms with Crippen LogP contribution in [-0.2, 0) is 0 Å². The molecule has 3 nitrogen and oxygen atoms in total. The first-order valence-electron chi connectivity index (χ1n) is 5.81. The Kier molecular flexibility index (Phi) is 3.39. The van der Waals surface area contributed by atoms with Gasteiger partial charge in [0.25, 0.3) is 0 Å². The van der Waals surface area contributed by atoms with Gasteiger partial charge in [0.2, 0.25) is 5.95 Å². The summed E-state index contributed by atoms with van der Waals surface area (Å²) < 4.78 is 13.0. The smallest absolute Gasteiger partial charge is 0.214 e. The van der Waals surface area contributed by atoms with E-state index < -0.39 is 5.95 Å². The molecule has 0 N–H and O–H groups in total. The number of rotatable bonds is 2. The van der Waals surface area contributed by atoms with Crippen LogP contribution in [0.2, 0.25) is 0 Å². The molecular weight excluding hydrogens is 205 g/mol. The molecule has 1 aromatic heterocycles. The highest BCUT2D eigenvalue weighted by atomic mass is 19.1. The SMILES string of the molecule is CCN1CCN(c2ccnc(F)c2)CC1C. The van der Waals surface area contributed by atoms with E-state index in [2.05, 4.69) is 28.6 Å². The van der Waals surface area contributed by atoms with Gasteiger partial charge in [-0.3, -0.25) is 4.90 Å². The summed E-state index contributed by atoms with van der Waals surface area (Å²) in [6.45, 7) is 8.44. The lowest BCUT2D eigenvalue weighted by Crippen LogP contribution is -2.51. The Bertz CT molecular complexity index is 356. The third-order valence-electron chi connectivity index (χ3n) is 3.25. The van der Waals surface area contributed by atoms with Crippen LogP contribution < -0.4 is 4.90 Å². The van der Waals surface area contributed by atoms with Crippen molar-refractivity contribution >= 4 is 5.69 Å². The number of pyridine rings is 1. The van der Waals surface area contributed by atoms with Crippen LogP contribution in [0.4, 0.5) is 10.1 Å². The molecule has 1 unspecified atom stereocenters. The van der Waals surface area contributed by atoms with E-state index in [0.717, 1.165) is 31.9 Å². The molecule has 1 aliphatic rings. The van der Waals surface area contributed by atoms with E-state index in [0.29, 0.717) is 6.04 Å². The average Bonchev–Trinajstić information content (AvgIpc) is 2.29. The third-order valence-corrected chi connectivity index (χ3v) is 3.25. The second kappa shape index (κ2) is 4.78. The predicted molar refractivity (Wildman–Crippen MR) is 63.1 cm³/mol. The molecule has 0 aliphatic carbocycles. The summed E-state index contributed by atoms with van der Waals surface area (Å²) >= 11 is 0. The fourth-order valence-electron chi connectivity index (χ4n) is 2.29. The van der Waals surface area contributed by atoms with Crippen molar-refractivity contribution < 1.29 is 4.39 Å². The summed E-state index contributed by atoms with van der Waals surface area (Å²) in [4.78, 5) is 8.24. The Morgan fingerprint density at radius 1 is 1.50 bits per heavy atom. The molecule has 2 heterocycles. The van der Waals surface area contributed by atoms with E-state index in [4.69, 9.17) is 0 Å². The van der Waals surface area contributed by atoms with Crippen molar-refractivity contribution in [1.82, 2.24) is 9.88 Å². The van der Waals surface area contributed by atoms with Gasteiger partial charge in [-0.15, -0.1) is 0 Å². The molecule has 16 heavy (non-hydrogen) atoms. The number of hydrogen-bond acceptors (Lipinski definition) is 3. The molecule has 1 fully saturated rings. The number of halogens is 1. The van der Waals surface area contributed by atoms with Gasteiger partial charge in [0.15, 0.2) is 0 Å². The lowest BCUT2D eigenvalue weighted by atomic mass is 10.2. The zero-order chi connectivity index (χ0) is 11.5. The molecule has 0 spiro atoms. The Morgan fingerprint density at radius 3 is 2.94 bits per heavy atom. The summed E-state index contributed by atoms with van der Waals surface area (Å²) in [5, 5.41) is 0. The van der Waals surface area contributed by atoms with Crippen LogP contribution >= 0.6 is 0 Å². The van der Waals surface area contributed by atoms with Crippen LogP contribution in [0.15, 0.2) is 18.3 Å². The molecule has 2 rings (SSSR count). The molecule has 0 bridgehead atoms. The molecule has 0 amide bonds. The second-order valence-corrected chi connectivity index (χ2v) is 4.26. The minimum atomic E-state index is -0.400. The van der Waals surface area contributed by atoms with Crippen LogP contribution in [0.3, 0.4) is 0 Å². The number of hydrogen-bond donors (Lipinski definition) is 0. The van der Waals surface area contributed by atoms with Crippen LogP contribution in [-0.4, -0.2) is 42.1 Å². The van der Waals surface area contributed by atoms with Gasteiger partial charge in [0.1, 0.15) is 0 Å². The van der Waals surface area contributed by atoms with Gasteiger partial charge in [-0.25, -0.2) is 4.98 Å². The summed E-state index contributed by atoms with van der Waals surface area (Å²) in [6.07, 6.45) is 1.53. The Balaban J connectivity index is 2.07. The normalized spacial score (nSPS) is 22.4. The number of anilines is 1.